The fraction of sp³-hybridized carbons (Fsp3) is 0.923. The summed E-state index contributed by atoms with van der Waals surface area (Å²) in [4.78, 5) is 14.3. The van der Waals surface area contributed by atoms with Crippen LogP contribution in [0.3, 0.4) is 0 Å². The molecule has 18 heavy (non-hydrogen) atoms. The molecule has 1 saturated heterocycles. The largest absolute Gasteiger partial charge is 0.385 e. The zero-order valence-corrected chi connectivity index (χ0v) is 12.4. The minimum Gasteiger partial charge on any atom is -0.385 e. The van der Waals surface area contributed by atoms with Crippen LogP contribution in [0.5, 0.6) is 0 Å². The molecule has 0 aromatic rings. The van der Waals surface area contributed by atoms with Gasteiger partial charge in [0, 0.05) is 32.7 Å². The molecule has 0 spiro atoms. The van der Waals surface area contributed by atoms with Gasteiger partial charge in [-0.15, -0.1) is 12.4 Å². The molecule has 1 aliphatic rings. The van der Waals surface area contributed by atoms with E-state index in [1.807, 2.05) is 0 Å². The lowest BCUT2D eigenvalue weighted by atomic mass is 10.0. The van der Waals surface area contributed by atoms with Gasteiger partial charge in [0.25, 0.3) is 0 Å². The number of hydrogen-bond donors (Lipinski definition) is 1. The number of amides is 1. The standard InChI is InChI=1S/C13H26N2O2.ClH/c1-3-10-15(12-6-8-14-9-7-12)13(16)5-4-11-17-2;/h12,14H,3-11H2,1-2H3;1H. The third kappa shape index (κ3) is 6.03. The summed E-state index contributed by atoms with van der Waals surface area (Å²) < 4.78 is 5.00. The third-order valence-corrected chi connectivity index (χ3v) is 3.27. The van der Waals surface area contributed by atoms with Crippen molar-refractivity contribution in [2.75, 3.05) is 33.4 Å². The zero-order chi connectivity index (χ0) is 12.5. The van der Waals surface area contributed by atoms with Crippen LogP contribution in [-0.2, 0) is 9.53 Å². The predicted molar refractivity (Wildman–Crippen MR) is 76.3 cm³/mol. The van der Waals surface area contributed by atoms with Gasteiger partial charge in [0.15, 0.2) is 0 Å². The van der Waals surface area contributed by atoms with Crippen LogP contribution in [-0.4, -0.2) is 50.2 Å². The predicted octanol–water partition coefficient (Wildman–Crippen LogP) is 1.83. The summed E-state index contributed by atoms with van der Waals surface area (Å²) in [5.74, 6) is 0.302. The van der Waals surface area contributed by atoms with Gasteiger partial charge in [-0.3, -0.25) is 4.79 Å². The van der Waals surface area contributed by atoms with Gasteiger partial charge in [0.2, 0.25) is 5.91 Å². The Morgan fingerprint density at radius 3 is 2.61 bits per heavy atom. The van der Waals surface area contributed by atoms with Gasteiger partial charge in [0.1, 0.15) is 0 Å². The number of ether oxygens (including phenoxy) is 1. The highest BCUT2D eigenvalue weighted by Crippen LogP contribution is 2.14. The lowest BCUT2D eigenvalue weighted by molar-refractivity contribution is -0.134. The van der Waals surface area contributed by atoms with Crippen LogP contribution in [0, 0.1) is 0 Å². The molecule has 0 aromatic carbocycles. The Labute approximate surface area is 117 Å². The van der Waals surface area contributed by atoms with Crippen molar-refractivity contribution < 1.29 is 9.53 Å². The Balaban J connectivity index is 0.00000289. The summed E-state index contributed by atoms with van der Waals surface area (Å²) in [6.45, 7) is 5.79. The molecule has 108 valence electrons. The van der Waals surface area contributed by atoms with Crippen molar-refractivity contribution in [1.29, 1.82) is 0 Å². The zero-order valence-electron chi connectivity index (χ0n) is 11.6. The summed E-state index contributed by atoms with van der Waals surface area (Å²) in [5.41, 5.74) is 0. The third-order valence-electron chi connectivity index (χ3n) is 3.27. The highest BCUT2D eigenvalue weighted by Gasteiger charge is 2.23. The van der Waals surface area contributed by atoms with Crippen LogP contribution >= 0.6 is 12.4 Å². The second-order valence-corrected chi connectivity index (χ2v) is 4.66. The van der Waals surface area contributed by atoms with E-state index in [2.05, 4.69) is 17.1 Å². The monoisotopic (exact) mass is 278 g/mol. The number of hydrogen-bond acceptors (Lipinski definition) is 3. The molecule has 0 aromatic heterocycles. The maximum atomic E-state index is 12.2. The van der Waals surface area contributed by atoms with E-state index < -0.39 is 0 Å². The molecule has 1 aliphatic heterocycles. The fourth-order valence-corrected chi connectivity index (χ4v) is 2.38. The van der Waals surface area contributed by atoms with Gasteiger partial charge in [-0.2, -0.15) is 0 Å². The van der Waals surface area contributed by atoms with Gasteiger partial charge in [-0.1, -0.05) is 6.92 Å². The van der Waals surface area contributed by atoms with Gasteiger partial charge < -0.3 is 15.0 Å². The van der Waals surface area contributed by atoms with Crippen molar-refractivity contribution in [1.82, 2.24) is 10.2 Å². The van der Waals surface area contributed by atoms with Crippen molar-refractivity contribution in [3.05, 3.63) is 0 Å². The second-order valence-electron chi connectivity index (χ2n) is 4.66. The molecule has 0 radical (unpaired) electrons. The number of halogens is 1. The summed E-state index contributed by atoms with van der Waals surface area (Å²) in [7, 11) is 1.68. The van der Waals surface area contributed by atoms with Crippen LogP contribution in [0.25, 0.3) is 0 Å². The molecule has 1 fully saturated rings. The van der Waals surface area contributed by atoms with Gasteiger partial charge >= 0.3 is 0 Å². The number of carbonyl (C=O) groups excluding carboxylic acids is 1. The van der Waals surface area contributed by atoms with E-state index in [1.54, 1.807) is 7.11 Å². The van der Waals surface area contributed by atoms with Gasteiger partial charge in [-0.05, 0) is 38.8 Å². The normalized spacial score (nSPS) is 16.1. The molecule has 0 aliphatic carbocycles. The summed E-state index contributed by atoms with van der Waals surface area (Å²) in [6, 6.07) is 0.450. The Morgan fingerprint density at radius 2 is 2.06 bits per heavy atom. The molecular weight excluding hydrogens is 252 g/mol. The molecule has 1 heterocycles. The van der Waals surface area contributed by atoms with Crippen molar-refractivity contribution in [3.8, 4) is 0 Å². The minimum atomic E-state index is 0. The Hall–Kier alpha value is -0.320. The lowest BCUT2D eigenvalue weighted by Gasteiger charge is -2.34. The lowest BCUT2D eigenvalue weighted by Crippen LogP contribution is -2.46. The molecule has 0 atom stereocenters. The second kappa shape index (κ2) is 10.6. The van der Waals surface area contributed by atoms with Crippen LogP contribution in [0.1, 0.15) is 39.0 Å². The first kappa shape index (κ1) is 17.7. The molecule has 0 saturated carbocycles. The maximum absolute atomic E-state index is 12.2. The first-order valence-electron chi connectivity index (χ1n) is 6.78. The molecule has 1 amide bonds. The van der Waals surface area contributed by atoms with Crippen LogP contribution in [0.4, 0.5) is 0 Å². The van der Waals surface area contributed by atoms with Crippen LogP contribution in [0.2, 0.25) is 0 Å². The van der Waals surface area contributed by atoms with E-state index in [-0.39, 0.29) is 12.4 Å². The fourth-order valence-electron chi connectivity index (χ4n) is 2.38. The van der Waals surface area contributed by atoms with Crippen molar-refractivity contribution in [3.63, 3.8) is 0 Å². The molecule has 1 rings (SSSR count). The van der Waals surface area contributed by atoms with E-state index in [4.69, 9.17) is 4.74 Å². The Morgan fingerprint density at radius 1 is 1.39 bits per heavy atom. The topological polar surface area (TPSA) is 41.6 Å². The maximum Gasteiger partial charge on any atom is 0.222 e. The highest BCUT2D eigenvalue weighted by atomic mass is 35.5. The molecule has 4 nitrogen and oxygen atoms in total. The first-order valence-corrected chi connectivity index (χ1v) is 6.78. The number of piperidine rings is 1. The van der Waals surface area contributed by atoms with Crippen molar-refractivity contribution >= 4 is 18.3 Å². The average Bonchev–Trinajstić information content (AvgIpc) is 2.37. The van der Waals surface area contributed by atoms with E-state index in [0.29, 0.717) is 25.0 Å². The molecule has 1 N–H and O–H groups in total. The highest BCUT2D eigenvalue weighted by molar-refractivity contribution is 5.85. The number of rotatable bonds is 7. The minimum absolute atomic E-state index is 0. The van der Waals surface area contributed by atoms with E-state index in [9.17, 15) is 4.79 Å². The van der Waals surface area contributed by atoms with Gasteiger partial charge in [-0.25, -0.2) is 0 Å². The number of carbonyl (C=O) groups is 1. The van der Waals surface area contributed by atoms with E-state index >= 15 is 0 Å². The smallest absolute Gasteiger partial charge is 0.222 e. The van der Waals surface area contributed by atoms with Crippen LogP contribution < -0.4 is 5.32 Å². The van der Waals surface area contributed by atoms with E-state index in [1.165, 1.54) is 0 Å². The van der Waals surface area contributed by atoms with Gasteiger partial charge in [0.05, 0.1) is 0 Å². The number of methoxy groups -OCH3 is 1. The summed E-state index contributed by atoms with van der Waals surface area (Å²) in [6.07, 6.45) is 4.68. The van der Waals surface area contributed by atoms with Crippen molar-refractivity contribution in [2.45, 2.75) is 45.1 Å². The summed E-state index contributed by atoms with van der Waals surface area (Å²) >= 11 is 0. The number of nitrogens with zero attached hydrogens (tertiary/aromatic N) is 1. The van der Waals surface area contributed by atoms with Crippen LogP contribution in [0.15, 0.2) is 0 Å². The summed E-state index contributed by atoms with van der Waals surface area (Å²) in [5, 5.41) is 3.34. The molecule has 0 bridgehead atoms. The molecular formula is C13H27ClN2O2. The van der Waals surface area contributed by atoms with E-state index in [0.717, 1.165) is 45.3 Å². The Bertz CT molecular complexity index is 221. The quantitative estimate of drug-likeness (QED) is 0.723. The molecule has 0 unspecified atom stereocenters. The number of nitrogens with one attached hydrogen (secondary N) is 1. The Kier molecular flexibility index (Phi) is 10.4. The average molecular weight is 279 g/mol. The SMILES string of the molecule is CCCN(C(=O)CCCOC)C1CCNCC1.Cl. The first-order chi connectivity index (χ1) is 8.29. The van der Waals surface area contributed by atoms with Crippen molar-refractivity contribution in [2.24, 2.45) is 0 Å². The molecule has 5 heteroatoms.